The van der Waals surface area contributed by atoms with Gasteiger partial charge in [-0.15, -0.1) is 0 Å². The van der Waals surface area contributed by atoms with Crippen LogP contribution in [-0.4, -0.2) is 43.7 Å². The molecule has 0 spiro atoms. The summed E-state index contributed by atoms with van der Waals surface area (Å²) in [5, 5.41) is 0. The summed E-state index contributed by atoms with van der Waals surface area (Å²) in [6.45, 7) is 2.33. The smallest absolute Gasteiger partial charge is 0.252 e. The van der Waals surface area contributed by atoms with Crippen LogP contribution < -0.4 is 5.73 Å². The molecular weight excluding hydrogens is 180 g/mol. The van der Waals surface area contributed by atoms with Gasteiger partial charge in [0, 0.05) is 26.7 Å². The van der Waals surface area contributed by atoms with E-state index < -0.39 is 6.10 Å². The predicted octanol–water partition coefficient (Wildman–Crippen LogP) is 0.217. The van der Waals surface area contributed by atoms with Crippen LogP contribution in [0.1, 0.15) is 19.8 Å². The lowest BCUT2D eigenvalue weighted by molar-refractivity contribution is -0.142. The maximum atomic E-state index is 11.8. The summed E-state index contributed by atoms with van der Waals surface area (Å²) in [7, 11) is 3.35. The fourth-order valence-electron chi connectivity index (χ4n) is 1.62. The zero-order valence-electron chi connectivity index (χ0n) is 9.19. The van der Waals surface area contributed by atoms with Crippen LogP contribution in [0.25, 0.3) is 0 Å². The van der Waals surface area contributed by atoms with Crippen molar-refractivity contribution >= 4 is 5.91 Å². The molecular formula is C10H20N2O2. The van der Waals surface area contributed by atoms with Crippen LogP contribution in [0.15, 0.2) is 0 Å². The number of methoxy groups -OCH3 is 1. The lowest BCUT2D eigenvalue weighted by atomic mass is 10.1. The Morgan fingerprint density at radius 3 is 2.57 bits per heavy atom. The van der Waals surface area contributed by atoms with Crippen LogP contribution in [-0.2, 0) is 9.53 Å². The monoisotopic (exact) mass is 200 g/mol. The molecule has 1 fully saturated rings. The Morgan fingerprint density at radius 2 is 2.21 bits per heavy atom. The molecule has 1 rings (SSSR count). The van der Waals surface area contributed by atoms with Gasteiger partial charge in [0.1, 0.15) is 6.10 Å². The van der Waals surface area contributed by atoms with Gasteiger partial charge < -0.3 is 15.4 Å². The molecule has 0 aromatic rings. The third-order valence-corrected chi connectivity index (χ3v) is 3.04. The quantitative estimate of drug-likeness (QED) is 0.690. The van der Waals surface area contributed by atoms with E-state index in [4.69, 9.17) is 10.5 Å². The minimum absolute atomic E-state index is 0.00519. The van der Waals surface area contributed by atoms with E-state index in [1.54, 1.807) is 4.90 Å². The number of rotatable bonds is 5. The largest absolute Gasteiger partial charge is 0.370 e. The van der Waals surface area contributed by atoms with Gasteiger partial charge in [0.2, 0.25) is 0 Å². The first-order valence-corrected chi connectivity index (χ1v) is 5.11. The molecule has 1 aliphatic carbocycles. The van der Waals surface area contributed by atoms with Crippen LogP contribution in [0.5, 0.6) is 0 Å². The first kappa shape index (κ1) is 11.5. The molecule has 1 amide bonds. The van der Waals surface area contributed by atoms with Crippen molar-refractivity contribution in [1.29, 1.82) is 0 Å². The Balaban J connectivity index is 2.48. The highest BCUT2D eigenvalue weighted by Crippen LogP contribution is 2.34. The molecule has 1 aliphatic rings. The SMILES string of the molecule is COC(CN)C(=O)N(C)C(C)C1CC1. The fraction of sp³-hybridized carbons (Fsp3) is 0.900. The third-order valence-electron chi connectivity index (χ3n) is 3.04. The van der Waals surface area contributed by atoms with E-state index in [0.717, 1.165) is 0 Å². The second-order valence-corrected chi connectivity index (χ2v) is 3.99. The highest BCUT2D eigenvalue weighted by molar-refractivity contribution is 5.81. The van der Waals surface area contributed by atoms with Gasteiger partial charge in [-0.2, -0.15) is 0 Å². The Bertz CT molecular complexity index is 200. The van der Waals surface area contributed by atoms with Gasteiger partial charge in [-0.25, -0.2) is 0 Å². The zero-order valence-corrected chi connectivity index (χ0v) is 9.19. The summed E-state index contributed by atoms with van der Waals surface area (Å²) < 4.78 is 5.02. The first-order chi connectivity index (χ1) is 6.61. The van der Waals surface area contributed by atoms with Crippen molar-refractivity contribution in [1.82, 2.24) is 4.90 Å². The maximum absolute atomic E-state index is 11.8. The lowest BCUT2D eigenvalue weighted by Gasteiger charge is -2.27. The number of hydrogen-bond acceptors (Lipinski definition) is 3. The molecule has 82 valence electrons. The minimum atomic E-state index is -0.485. The van der Waals surface area contributed by atoms with Crippen molar-refractivity contribution < 1.29 is 9.53 Å². The normalized spacial score (nSPS) is 20.3. The van der Waals surface area contributed by atoms with Gasteiger partial charge in [0.25, 0.3) is 5.91 Å². The van der Waals surface area contributed by atoms with E-state index in [1.807, 2.05) is 7.05 Å². The fourth-order valence-corrected chi connectivity index (χ4v) is 1.62. The van der Waals surface area contributed by atoms with Gasteiger partial charge in [0.05, 0.1) is 0 Å². The van der Waals surface area contributed by atoms with E-state index in [-0.39, 0.29) is 12.5 Å². The van der Waals surface area contributed by atoms with Crippen molar-refractivity contribution in [3.05, 3.63) is 0 Å². The van der Waals surface area contributed by atoms with Crippen LogP contribution in [0.3, 0.4) is 0 Å². The summed E-state index contributed by atoms with van der Waals surface area (Å²) in [6, 6.07) is 0.312. The van der Waals surface area contributed by atoms with E-state index in [1.165, 1.54) is 20.0 Å². The number of carbonyl (C=O) groups excluding carboxylic acids is 1. The summed E-state index contributed by atoms with van der Waals surface area (Å²) in [5.41, 5.74) is 5.44. The van der Waals surface area contributed by atoms with E-state index in [9.17, 15) is 4.79 Å². The standard InChI is InChI=1S/C10H20N2O2/c1-7(8-4-5-8)12(2)10(13)9(6-11)14-3/h7-9H,4-6,11H2,1-3H3. The Kier molecular flexibility index (Phi) is 3.89. The number of likely N-dealkylation sites (N-methyl/N-ethyl adjacent to an activating group) is 1. The average Bonchev–Trinajstić information content (AvgIpc) is 3.00. The predicted molar refractivity (Wildman–Crippen MR) is 54.8 cm³/mol. The molecule has 0 radical (unpaired) electrons. The van der Waals surface area contributed by atoms with Crippen LogP contribution >= 0.6 is 0 Å². The Labute approximate surface area is 85.4 Å². The summed E-state index contributed by atoms with van der Waals surface area (Å²) >= 11 is 0. The molecule has 2 atom stereocenters. The van der Waals surface area contributed by atoms with E-state index in [2.05, 4.69) is 6.92 Å². The molecule has 4 heteroatoms. The Hall–Kier alpha value is -0.610. The summed E-state index contributed by atoms with van der Waals surface area (Å²) in [6.07, 6.45) is 1.99. The van der Waals surface area contributed by atoms with Crippen LogP contribution in [0.4, 0.5) is 0 Å². The Morgan fingerprint density at radius 1 is 1.64 bits per heavy atom. The maximum Gasteiger partial charge on any atom is 0.252 e. The second kappa shape index (κ2) is 4.75. The molecule has 0 heterocycles. The van der Waals surface area contributed by atoms with Crippen molar-refractivity contribution in [3.8, 4) is 0 Å². The molecule has 0 saturated heterocycles. The van der Waals surface area contributed by atoms with Crippen molar-refractivity contribution in [3.63, 3.8) is 0 Å². The molecule has 4 nitrogen and oxygen atoms in total. The van der Waals surface area contributed by atoms with Crippen LogP contribution in [0, 0.1) is 5.92 Å². The second-order valence-electron chi connectivity index (χ2n) is 3.99. The van der Waals surface area contributed by atoms with E-state index >= 15 is 0 Å². The van der Waals surface area contributed by atoms with Gasteiger partial charge in [-0.05, 0) is 25.7 Å². The molecule has 1 saturated carbocycles. The van der Waals surface area contributed by atoms with Crippen molar-refractivity contribution in [2.45, 2.75) is 31.9 Å². The van der Waals surface area contributed by atoms with Crippen molar-refractivity contribution in [2.24, 2.45) is 11.7 Å². The molecule has 14 heavy (non-hydrogen) atoms. The highest BCUT2D eigenvalue weighted by Gasteiger charge is 2.34. The van der Waals surface area contributed by atoms with Gasteiger partial charge >= 0.3 is 0 Å². The third kappa shape index (κ3) is 2.45. The van der Waals surface area contributed by atoms with Gasteiger partial charge in [-0.1, -0.05) is 0 Å². The summed E-state index contributed by atoms with van der Waals surface area (Å²) in [5.74, 6) is 0.675. The molecule has 0 bridgehead atoms. The zero-order chi connectivity index (χ0) is 10.7. The molecule has 2 unspecified atom stereocenters. The van der Waals surface area contributed by atoms with Crippen LogP contribution in [0.2, 0.25) is 0 Å². The number of ether oxygens (including phenoxy) is 1. The average molecular weight is 200 g/mol. The van der Waals surface area contributed by atoms with Gasteiger partial charge in [0.15, 0.2) is 0 Å². The highest BCUT2D eigenvalue weighted by atomic mass is 16.5. The van der Waals surface area contributed by atoms with Crippen molar-refractivity contribution in [2.75, 3.05) is 20.7 Å². The molecule has 2 N–H and O–H groups in total. The number of nitrogens with zero attached hydrogens (tertiary/aromatic N) is 1. The first-order valence-electron chi connectivity index (χ1n) is 5.11. The summed E-state index contributed by atoms with van der Waals surface area (Å²) in [4.78, 5) is 13.6. The molecule has 0 aromatic heterocycles. The van der Waals surface area contributed by atoms with E-state index in [0.29, 0.717) is 12.0 Å². The topological polar surface area (TPSA) is 55.6 Å². The molecule has 0 aliphatic heterocycles. The minimum Gasteiger partial charge on any atom is -0.370 e. The number of carbonyl (C=O) groups is 1. The van der Waals surface area contributed by atoms with Gasteiger partial charge in [-0.3, -0.25) is 4.79 Å². The number of hydrogen-bond donors (Lipinski definition) is 1. The number of amides is 1. The number of nitrogens with two attached hydrogens (primary N) is 1. The molecule has 0 aromatic carbocycles. The lowest BCUT2D eigenvalue weighted by Crippen LogP contribution is -2.46.